The van der Waals surface area contributed by atoms with Crippen LogP contribution in [0.4, 0.5) is 13.2 Å². The molecule has 1 rings (SSSR count). The van der Waals surface area contributed by atoms with Crippen molar-refractivity contribution in [2.24, 2.45) is 5.41 Å². The van der Waals surface area contributed by atoms with E-state index in [0.29, 0.717) is 12.8 Å². The Morgan fingerprint density at radius 1 is 1.40 bits per heavy atom. The van der Waals surface area contributed by atoms with E-state index in [4.69, 9.17) is 5.26 Å². The van der Waals surface area contributed by atoms with Crippen LogP contribution in [0, 0.1) is 16.7 Å². The maximum absolute atomic E-state index is 12.8. The summed E-state index contributed by atoms with van der Waals surface area (Å²) in [7, 11) is 0. The van der Waals surface area contributed by atoms with Gasteiger partial charge in [0.05, 0.1) is 6.07 Å². The Kier molecular flexibility index (Phi) is 3.38. The summed E-state index contributed by atoms with van der Waals surface area (Å²) in [6.45, 7) is 0. The third-order valence-corrected chi connectivity index (χ3v) is 3.00. The van der Waals surface area contributed by atoms with E-state index < -0.39 is 17.4 Å². The van der Waals surface area contributed by atoms with Gasteiger partial charge in [-0.1, -0.05) is 6.42 Å². The van der Waals surface area contributed by atoms with Gasteiger partial charge >= 0.3 is 6.18 Å². The van der Waals surface area contributed by atoms with E-state index in [9.17, 15) is 18.0 Å². The number of Topliss-reactive ketones (excluding diaryl/α,β-unsaturated/α-hetero) is 1. The Hall–Kier alpha value is -1.05. The molecule has 1 atom stereocenters. The molecule has 0 aromatic heterocycles. The van der Waals surface area contributed by atoms with E-state index in [1.165, 1.54) is 0 Å². The SMILES string of the molecule is N#CCCC1(C(F)(F)F)CCCCC1=O. The molecule has 2 nitrogen and oxygen atoms in total. The van der Waals surface area contributed by atoms with Crippen molar-refractivity contribution in [2.75, 3.05) is 0 Å². The second-order valence-corrected chi connectivity index (χ2v) is 3.87. The minimum atomic E-state index is -4.51. The highest BCUT2D eigenvalue weighted by molar-refractivity contribution is 5.86. The van der Waals surface area contributed by atoms with Crippen LogP contribution >= 0.6 is 0 Å². The van der Waals surface area contributed by atoms with Crippen LogP contribution in [-0.4, -0.2) is 12.0 Å². The number of nitriles is 1. The lowest BCUT2D eigenvalue weighted by Crippen LogP contribution is -2.46. The summed E-state index contributed by atoms with van der Waals surface area (Å²) < 4.78 is 38.5. The predicted octanol–water partition coefficient (Wildman–Crippen LogP) is 2.98. The third-order valence-electron chi connectivity index (χ3n) is 3.00. The van der Waals surface area contributed by atoms with Gasteiger partial charge in [0.15, 0.2) is 0 Å². The van der Waals surface area contributed by atoms with Crippen LogP contribution in [0.2, 0.25) is 0 Å². The summed E-state index contributed by atoms with van der Waals surface area (Å²) in [5.41, 5.74) is -2.24. The van der Waals surface area contributed by atoms with Crippen molar-refractivity contribution >= 4 is 5.78 Å². The average molecular weight is 219 g/mol. The average Bonchev–Trinajstić information content (AvgIpc) is 2.15. The fraction of sp³-hybridized carbons (Fsp3) is 0.800. The molecule has 1 aliphatic carbocycles. The molecule has 0 saturated heterocycles. The topological polar surface area (TPSA) is 40.9 Å². The molecule has 0 radical (unpaired) electrons. The lowest BCUT2D eigenvalue weighted by Gasteiger charge is -2.36. The van der Waals surface area contributed by atoms with Crippen molar-refractivity contribution in [3.63, 3.8) is 0 Å². The molecule has 0 heterocycles. The molecule has 0 aromatic carbocycles. The Bertz CT molecular complexity index is 292. The lowest BCUT2D eigenvalue weighted by atomic mass is 9.69. The second kappa shape index (κ2) is 4.21. The van der Waals surface area contributed by atoms with Gasteiger partial charge in [0.1, 0.15) is 11.2 Å². The molecular formula is C10H12F3NO. The molecule has 0 aromatic rings. The van der Waals surface area contributed by atoms with Gasteiger partial charge in [0.25, 0.3) is 0 Å². The number of hydrogen-bond donors (Lipinski definition) is 0. The van der Waals surface area contributed by atoms with E-state index in [-0.39, 0.29) is 25.7 Å². The van der Waals surface area contributed by atoms with Gasteiger partial charge in [-0.15, -0.1) is 0 Å². The highest BCUT2D eigenvalue weighted by atomic mass is 19.4. The van der Waals surface area contributed by atoms with Crippen molar-refractivity contribution in [2.45, 2.75) is 44.7 Å². The smallest absolute Gasteiger partial charge is 0.299 e. The van der Waals surface area contributed by atoms with Crippen molar-refractivity contribution in [1.29, 1.82) is 5.26 Å². The molecule has 0 spiro atoms. The minimum Gasteiger partial charge on any atom is -0.299 e. The van der Waals surface area contributed by atoms with Crippen LogP contribution in [-0.2, 0) is 4.79 Å². The predicted molar refractivity (Wildman–Crippen MR) is 46.8 cm³/mol. The molecule has 1 unspecified atom stereocenters. The van der Waals surface area contributed by atoms with E-state index in [1.807, 2.05) is 0 Å². The number of ketones is 1. The summed E-state index contributed by atoms with van der Waals surface area (Å²) in [4.78, 5) is 11.4. The fourth-order valence-electron chi connectivity index (χ4n) is 2.07. The highest BCUT2D eigenvalue weighted by Crippen LogP contribution is 2.49. The molecule has 0 bridgehead atoms. The Balaban J connectivity index is 2.94. The standard InChI is InChI=1S/C10H12F3NO/c11-10(12,13)9(6-3-7-14)5-2-1-4-8(9)15/h1-6H2. The Morgan fingerprint density at radius 2 is 2.07 bits per heavy atom. The van der Waals surface area contributed by atoms with E-state index in [1.54, 1.807) is 6.07 Å². The van der Waals surface area contributed by atoms with Crippen LogP contribution < -0.4 is 0 Å². The van der Waals surface area contributed by atoms with E-state index >= 15 is 0 Å². The molecule has 15 heavy (non-hydrogen) atoms. The molecule has 5 heteroatoms. The number of alkyl halides is 3. The van der Waals surface area contributed by atoms with E-state index in [0.717, 1.165) is 0 Å². The third kappa shape index (κ3) is 2.14. The van der Waals surface area contributed by atoms with Gasteiger partial charge in [0, 0.05) is 12.8 Å². The number of halogens is 3. The summed E-state index contributed by atoms with van der Waals surface area (Å²) >= 11 is 0. The molecule has 0 N–H and O–H groups in total. The number of carbonyl (C=O) groups excluding carboxylic acids is 1. The molecule has 1 fully saturated rings. The van der Waals surface area contributed by atoms with Crippen molar-refractivity contribution in [1.82, 2.24) is 0 Å². The van der Waals surface area contributed by atoms with Crippen LogP contribution in [0.5, 0.6) is 0 Å². The van der Waals surface area contributed by atoms with Gasteiger partial charge in [-0.3, -0.25) is 4.79 Å². The zero-order valence-electron chi connectivity index (χ0n) is 8.23. The molecule has 1 saturated carbocycles. The maximum Gasteiger partial charge on any atom is 0.401 e. The first-order valence-electron chi connectivity index (χ1n) is 4.91. The van der Waals surface area contributed by atoms with Gasteiger partial charge in [0.2, 0.25) is 0 Å². The van der Waals surface area contributed by atoms with Crippen LogP contribution in [0.25, 0.3) is 0 Å². The Labute approximate surface area is 86.1 Å². The summed E-state index contributed by atoms with van der Waals surface area (Å²) in [5, 5.41) is 8.33. The van der Waals surface area contributed by atoms with Crippen molar-refractivity contribution in [3.05, 3.63) is 0 Å². The van der Waals surface area contributed by atoms with Crippen LogP contribution in [0.15, 0.2) is 0 Å². The largest absolute Gasteiger partial charge is 0.401 e. The summed E-state index contributed by atoms with van der Waals surface area (Å²) in [6.07, 6.45) is -4.33. The van der Waals surface area contributed by atoms with Crippen LogP contribution in [0.3, 0.4) is 0 Å². The second-order valence-electron chi connectivity index (χ2n) is 3.87. The zero-order valence-corrected chi connectivity index (χ0v) is 8.23. The van der Waals surface area contributed by atoms with E-state index in [2.05, 4.69) is 0 Å². The maximum atomic E-state index is 12.8. The summed E-state index contributed by atoms with van der Waals surface area (Å²) in [6, 6.07) is 1.68. The van der Waals surface area contributed by atoms with Crippen molar-refractivity contribution < 1.29 is 18.0 Å². The Morgan fingerprint density at radius 3 is 2.53 bits per heavy atom. The summed E-state index contributed by atoms with van der Waals surface area (Å²) in [5.74, 6) is -0.739. The van der Waals surface area contributed by atoms with Crippen LogP contribution in [0.1, 0.15) is 38.5 Å². The van der Waals surface area contributed by atoms with Gasteiger partial charge in [-0.05, 0) is 19.3 Å². The number of carbonyl (C=O) groups is 1. The van der Waals surface area contributed by atoms with Crippen molar-refractivity contribution in [3.8, 4) is 6.07 Å². The first-order chi connectivity index (χ1) is 6.94. The number of nitrogens with zero attached hydrogens (tertiary/aromatic N) is 1. The molecule has 0 amide bonds. The zero-order chi connectivity index (χ0) is 11.5. The highest BCUT2D eigenvalue weighted by Gasteiger charge is 2.59. The molecular weight excluding hydrogens is 207 g/mol. The number of rotatable bonds is 2. The molecule has 0 aliphatic heterocycles. The molecule has 84 valence electrons. The molecule has 1 aliphatic rings. The first kappa shape index (κ1) is 12.0. The minimum absolute atomic E-state index is 0.00899. The normalized spacial score (nSPS) is 27.5. The monoisotopic (exact) mass is 219 g/mol. The fourth-order valence-corrected chi connectivity index (χ4v) is 2.07. The quantitative estimate of drug-likeness (QED) is 0.716. The first-order valence-corrected chi connectivity index (χ1v) is 4.91. The van der Waals surface area contributed by atoms with Gasteiger partial charge in [-0.2, -0.15) is 18.4 Å². The van der Waals surface area contributed by atoms with Gasteiger partial charge in [-0.25, -0.2) is 0 Å². The number of hydrogen-bond acceptors (Lipinski definition) is 2. The van der Waals surface area contributed by atoms with Gasteiger partial charge < -0.3 is 0 Å². The lowest BCUT2D eigenvalue weighted by molar-refractivity contribution is -0.227.